The first-order chi connectivity index (χ1) is 11.8. The van der Waals surface area contributed by atoms with E-state index in [0.717, 1.165) is 42.6 Å². The number of rotatable bonds is 4. The maximum atomic E-state index is 12.7. The Balaban J connectivity index is 1.73. The molecule has 25 heavy (non-hydrogen) atoms. The van der Waals surface area contributed by atoms with Crippen LogP contribution in [0.2, 0.25) is 0 Å². The lowest BCUT2D eigenvalue weighted by Gasteiger charge is -2.26. The van der Waals surface area contributed by atoms with Crippen LogP contribution in [0.15, 0.2) is 0 Å². The molecule has 0 N–H and O–H groups in total. The van der Waals surface area contributed by atoms with Crippen LogP contribution < -0.4 is 0 Å². The average molecular weight is 368 g/mol. The van der Waals surface area contributed by atoms with Gasteiger partial charge in [-0.3, -0.25) is 9.48 Å². The van der Waals surface area contributed by atoms with Crippen molar-refractivity contribution in [2.75, 3.05) is 18.6 Å². The van der Waals surface area contributed by atoms with Crippen LogP contribution in [-0.2, 0) is 21.2 Å². The molecule has 0 unspecified atom stereocenters. The van der Waals surface area contributed by atoms with Gasteiger partial charge in [-0.25, -0.2) is 8.42 Å². The number of nitrogens with zero attached hydrogens (tertiary/aromatic N) is 3. The van der Waals surface area contributed by atoms with Gasteiger partial charge in [0.05, 0.1) is 23.2 Å². The normalized spacial score (nSPS) is 23.7. The van der Waals surface area contributed by atoms with Crippen LogP contribution in [0.5, 0.6) is 0 Å². The summed E-state index contributed by atoms with van der Waals surface area (Å²) in [7, 11) is -1.07. The Morgan fingerprint density at radius 2 is 1.88 bits per heavy atom. The highest BCUT2D eigenvalue weighted by Crippen LogP contribution is 2.29. The lowest BCUT2D eigenvalue weighted by atomic mass is 9.88. The van der Waals surface area contributed by atoms with Crippen LogP contribution >= 0.6 is 0 Å². The maximum Gasteiger partial charge on any atom is 0.225 e. The fraction of sp³-hybridized carbons (Fsp3) is 0.778. The maximum absolute atomic E-state index is 12.7. The summed E-state index contributed by atoms with van der Waals surface area (Å²) in [6.07, 6.45) is 6.16. The van der Waals surface area contributed by atoms with Gasteiger partial charge in [-0.2, -0.15) is 5.10 Å². The summed E-state index contributed by atoms with van der Waals surface area (Å²) >= 11 is 0. The van der Waals surface area contributed by atoms with Gasteiger partial charge < -0.3 is 4.90 Å². The Morgan fingerprint density at radius 3 is 2.48 bits per heavy atom. The number of sulfone groups is 1. The standard InChI is InChI=1S/C18H29N3O3S/c1-13-17(11-20(3)18(22)15-7-5-4-6-8-15)14(2)21(19-13)16-9-10-25(23,24)12-16/h15-16H,4-12H2,1-3H3/t16-/m0/s1. The smallest absolute Gasteiger partial charge is 0.225 e. The second-order valence-corrected chi connectivity index (χ2v) is 9.91. The molecule has 0 aromatic carbocycles. The van der Waals surface area contributed by atoms with Gasteiger partial charge in [0, 0.05) is 30.8 Å². The molecule has 1 aromatic rings. The molecule has 0 bridgehead atoms. The van der Waals surface area contributed by atoms with Gasteiger partial charge >= 0.3 is 0 Å². The molecule has 3 rings (SSSR count). The van der Waals surface area contributed by atoms with Crippen molar-refractivity contribution in [3.63, 3.8) is 0 Å². The van der Waals surface area contributed by atoms with Crippen LogP contribution in [-0.4, -0.2) is 47.6 Å². The van der Waals surface area contributed by atoms with Gasteiger partial charge in [0.1, 0.15) is 0 Å². The molecule has 2 heterocycles. The third-order valence-electron chi connectivity index (χ3n) is 5.76. The second-order valence-electron chi connectivity index (χ2n) is 7.68. The van der Waals surface area contributed by atoms with Gasteiger partial charge in [-0.1, -0.05) is 19.3 Å². The van der Waals surface area contributed by atoms with E-state index in [1.54, 1.807) is 0 Å². The summed E-state index contributed by atoms with van der Waals surface area (Å²) in [6.45, 7) is 4.48. The first kappa shape index (κ1) is 18.4. The van der Waals surface area contributed by atoms with E-state index in [1.165, 1.54) is 6.42 Å². The summed E-state index contributed by atoms with van der Waals surface area (Å²) < 4.78 is 25.4. The Kier molecular flexibility index (Phi) is 5.23. The third-order valence-corrected chi connectivity index (χ3v) is 7.51. The number of carbonyl (C=O) groups is 1. The Bertz CT molecular complexity index is 748. The summed E-state index contributed by atoms with van der Waals surface area (Å²) in [6, 6.07) is -0.0724. The van der Waals surface area contributed by atoms with Gasteiger partial charge in [0.15, 0.2) is 9.84 Å². The zero-order valence-corrected chi connectivity index (χ0v) is 16.3. The van der Waals surface area contributed by atoms with Crippen LogP contribution in [0.3, 0.4) is 0 Å². The van der Waals surface area contributed by atoms with Crippen molar-refractivity contribution in [1.82, 2.24) is 14.7 Å². The van der Waals surface area contributed by atoms with Crippen LogP contribution in [0.1, 0.15) is 61.5 Å². The van der Waals surface area contributed by atoms with Crippen molar-refractivity contribution in [2.24, 2.45) is 5.92 Å². The lowest BCUT2D eigenvalue weighted by molar-refractivity contribution is -0.135. The van der Waals surface area contributed by atoms with E-state index >= 15 is 0 Å². The number of carbonyl (C=O) groups excluding carboxylic acids is 1. The van der Waals surface area contributed by atoms with Crippen molar-refractivity contribution in [3.05, 3.63) is 17.0 Å². The number of hydrogen-bond acceptors (Lipinski definition) is 4. The first-order valence-corrected chi connectivity index (χ1v) is 11.1. The van der Waals surface area contributed by atoms with Crippen LogP contribution in [0.4, 0.5) is 0 Å². The van der Waals surface area contributed by atoms with Crippen molar-refractivity contribution < 1.29 is 13.2 Å². The molecule has 1 aliphatic carbocycles. The van der Waals surface area contributed by atoms with Gasteiger partial charge in [-0.05, 0) is 33.1 Å². The summed E-state index contributed by atoms with van der Waals surface area (Å²) in [5.41, 5.74) is 2.93. The van der Waals surface area contributed by atoms with E-state index in [9.17, 15) is 13.2 Å². The van der Waals surface area contributed by atoms with Gasteiger partial charge in [0.25, 0.3) is 0 Å². The molecule has 1 atom stereocenters. The zero-order chi connectivity index (χ0) is 18.2. The first-order valence-electron chi connectivity index (χ1n) is 9.28. The summed E-state index contributed by atoms with van der Waals surface area (Å²) in [5.74, 6) is 0.806. The van der Waals surface area contributed by atoms with Gasteiger partial charge in [-0.15, -0.1) is 0 Å². The highest BCUT2D eigenvalue weighted by molar-refractivity contribution is 7.91. The van der Waals surface area contributed by atoms with E-state index in [1.807, 2.05) is 30.5 Å². The highest BCUT2D eigenvalue weighted by atomic mass is 32.2. The average Bonchev–Trinajstić information content (AvgIpc) is 3.08. The molecule has 6 nitrogen and oxygen atoms in total. The Hall–Kier alpha value is -1.37. The molecule has 1 aliphatic heterocycles. The largest absolute Gasteiger partial charge is 0.341 e. The number of aromatic nitrogens is 2. The minimum atomic E-state index is -2.94. The van der Waals surface area contributed by atoms with E-state index in [2.05, 4.69) is 5.10 Å². The predicted molar refractivity (Wildman–Crippen MR) is 97.1 cm³/mol. The van der Waals surface area contributed by atoms with Crippen LogP contribution in [0.25, 0.3) is 0 Å². The molecule has 1 amide bonds. The quantitative estimate of drug-likeness (QED) is 0.819. The molecule has 2 aliphatic rings. The topological polar surface area (TPSA) is 72.3 Å². The third kappa shape index (κ3) is 3.91. The van der Waals surface area contributed by atoms with Crippen molar-refractivity contribution >= 4 is 15.7 Å². The number of aryl methyl sites for hydroxylation is 1. The fourth-order valence-corrected chi connectivity index (χ4v) is 5.92. The highest BCUT2D eigenvalue weighted by Gasteiger charge is 2.32. The molecular weight excluding hydrogens is 338 g/mol. The van der Waals surface area contributed by atoms with Crippen molar-refractivity contribution in [1.29, 1.82) is 0 Å². The second kappa shape index (κ2) is 7.09. The zero-order valence-electron chi connectivity index (χ0n) is 15.5. The monoisotopic (exact) mass is 367 g/mol. The molecule has 1 saturated heterocycles. The molecule has 2 fully saturated rings. The molecule has 1 saturated carbocycles. The van der Waals surface area contributed by atoms with E-state index in [-0.39, 0.29) is 29.4 Å². The molecule has 7 heteroatoms. The van der Waals surface area contributed by atoms with E-state index in [4.69, 9.17) is 0 Å². The van der Waals surface area contributed by atoms with Gasteiger partial charge in [0.2, 0.25) is 5.91 Å². The number of hydrogen-bond donors (Lipinski definition) is 0. The fourth-order valence-electron chi connectivity index (χ4n) is 4.23. The minimum absolute atomic E-state index is 0.0724. The molecule has 140 valence electrons. The van der Waals surface area contributed by atoms with Crippen molar-refractivity contribution in [3.8, 4) is 0 Å². The molecule has 0 radical (unpaired) electrons. The molecule has 1 aromatic heterocycles. The van der Waals surface area contributed by atoms with E-state index < -0.39 is 9.84 Å². The summed E-state index contributed by atoms with van der Waals surface area (Å²) in [5, 5.41) is 4.60. The number of amides is 1. The lowest BCUT2D eigenvalue weighted by Crippen LogP contribution is -2.33. The van der Waals surface area contributed by atoms with E-state index in [0.29, 0.717) is 13.0 Å². The molecular formula is C18H29N3O3S. The molecule has 0 spiro atoms. The van der Waals surface area contributed by atoms with Crippen LogP contribution in [0, 0.1) is 19.8 Å². The predicted octanol–water partition coefficient (Wildman–Crippen LogP) is 2.40. The minimum Gasteiger partial charge on any atom is -0.341 e. The summed E-state index contributed by atoms with van der Waals surface area (Å²) in [4.78, 5) is 14.5. The van der Waals surface area contributed by atoms with Crippen molar-refractivity contribution in [2.45, 2.75) is 65.0 Å². The SMILES string of the molecule is Cc1nn([C@H]2CCS(=O)(=O)C2)c(C)c1CN(C)C(=O)C1CCCCC1. The Labute approximate surface area is 150 Å². The Morgan fingerprint density at radius 1 is 1.20 bits per heavy atom.